The highest BCUT2D eigenvalue weighted by Gasteiger charge is 2.38. The van der Waals surface area contributed by atoms with Crippen molar-refractivity contribution in [2.24, 2.45) is 0 Å². The molecule has 0 saturated carbocycles. The molecule has 0 spiro atoms. The van der Waals surface area contributed by atoms with Crippen LogP contribution in [0.1, 0.15) is 10.8 Å². The second-order valence-corrected chi connectivity index (χ2v) is 6.83. The van der Waals surface area contributed by atoms with E-state index < -0.39 is 12.1 Å². The predicted octanol–water partition coefficient (Wildman–Crippen LogP) is 3.80. The maximum Gasteiger partial charge on any atom is 0.471 e. The molecule has 8 nitrogen and oxygen atoms in total. The number of thiophene rings is 1. The van der Waals surface area contributed by atoms with E-state index in [2.05, 4.69) is 33.4 Å². The molecular formula is C14H8F3N7OS2. The first kappa shape index (κ1) is 17.5. The Labute approximate surface area is 157 Å². The molecule has 0 unspecified atom stereocenters. The molecule has 4 aromatic heterocycles. The molecule has 0 aliphatic rings. The van der Waals surface area contributed by atoms with Gasteiger partial charge in [0.25, 0.3) is 0 Å². The van der Waals surface area contributed by atoms with Crippen LogP contribution < -0.4 is 4.90 Å². The molecule has 4 rings (SSSR count). The highest BCUT2D eigenvalue weighted by Crippen LogP contribution is 2.33. The quantitative estimate of drug-likeness (QED) is 0.490. The second-order valence-electron chi connectivity index (χ2n) is 5.10. The molecule has 0 bridgehead atoms. The Morgan fingerprint density at radius 1 is 1.11 bits per heavy atom. The van der Waals surface area contributed by atoms with Gasteiger partial charge in [0.1, 0.15) is 0 Å². The third-order valence-corrected chi connectivity index (χ3v) is 4.85. The van der Waals surface area contributed by atoms with Crippen molar-refractivity contribution in [3.05, 3.63) is 47.7 Å². The summed E-state index contributed by atoms with van der Waals surface area (Å²) in [5.74, 6) is -0.324. The molecule has 0 aliphatic heterocycles. The van der Waals surface area contributed by atoms with Gasteiger partial charge in [-0.05, 0) is 12.1 Å². The Hall–Kier alpha value is -2.93. The van der Waals surface area contributed by atoms with E-state index in [1.807, 2.05) is 0 Å². The van der Waals surface area contributed by atoms with Crippen molar-refractivity contribution in [3.8, 4) is 10.7 Å². The predicted molar refractivity (Wildman–Crippen MR) is 90.4 cm³/mol. The Bertz CT molecular complexity index is 1020. The fraction of sp³-hybridized carbons (Fsp3) is 0.143. The van der Waals surface area contributed by atoms with Crippen LogP contribution in [0.3, 0.4) is 0 Å². The summed E-state index contributed by atoms with van der Waals surface area (Å²) in [6.07, 6.45) is 1.62. The molecule has 0 aliphatic carbocycles. The lowest BCUT2D eigenvalue weighted by Crippen LogP contribution is -2.17. The van der Waals surface area contributed by atoms with Gasteiger partial charge in [0.05, 0.1) is 35.5 Å². The molecule has 0 N–H and O–H groups in total. The van der Waals surface area contributed by atoms with Gasteiger partial charge < -0.3 is 9.42 Å². The second kappa shape index (κ2) is 7.00. The lowest BCUT2D eigenvalue weighted by molar-refractivity contribution is -0.159. The molecule has 27 heavy (non-hydrogen) atoms. The van der Waals surface area contributed by atoms with Crippen LogP contribution >= 0.6 is 23.1 Å². The molecule has 13 heteroatoms. The summed E-state index contributed by atoms with van der Waals surface area (Å²) in [5, 5.41) is 3.40. The number of rotatable bonds is 5. The Morgan fingerprint density at radius 3 is 2.67 bits per heavy atom. The number of nitrogens with zero attached hydrogens (tertiary/aromatic N) is 7. The maximum atomic E-state index is 12.6. The van der Waals surface area contributed by atoms with Gasteiger partial charge in [-0.2, -0.15) is 26.9 Å². The van der Waals surface area contributed by atoms with Crippen molar-refractivity contribution in [2.75, 3.05) is 4.90 Å². The monoisotopic (exact) mass is 411 g/mol. The Balaban J connectivity index is 1.60. The first-order chi connectivity index (χ1) is 13.0. The zero-order chi connectivity index (χ0) is 18.9. The van der Waals surface area contributed by atoms with E-state index in [-0.39, 0.29) is 5.82 Å². The van der Waals surface area contributed by atoms with Crippen LogP contribution in [0.4, 0.5) is 24.8 Å². The molecule has 4 heterocycles. The van der Waals surface area contributed by atoms with Crippen LogP contribution in [0.15, 0.2) is 41.4 Å². The average molecular weight is 411 g/mol. The lowest BCUT2D eigenvalue weighted by atomic mass is 10.3. The van der Waals surface area contributed by atoms with E-state index in [1.165, 1.54) is 11.3 Å². The molecule has 0 atom stereocenters. The van der Waals surface area contributed by atoms with Gasteiger partial charge in [-0.1, -0.05) is 5.16 Å². The molecule has 0 fully saturated rings. The van der Waals surface area contributed by atoms with Crippen LogP contribution in [0, 0.1) is 0 Å². The zero-order valence-corrected chi connectivity index (χ0v) is 14.8. The largest absolute Gasteiger partial charge is 0.471 e. The lowest BCUT2D eigenvalue weighted by Gasteiger charge is -2.19. The number of hydrogen-bond donors (Lipinski definition) is 0. The minimum absolute atomic E-state index is 0.111. The summed E-state index contributed by atoms with van der Waals surface area (Å²) >= 11 is 2.30. The highest BCUT2D eigenvalue weighted by atomic mass is 32.1. The molecular weight excluding hydrogens is 403 g/mol. The number of hydrogen-bond acceptors (Lipinski definition) is 10. The summed E-state index contributed by atoms with van der Waals surface area (Å²) in [6, 6.07) is 3.41. The van der Waals surface area contributed by atoms with Gasteiger partial charge in [0.2, 0.25) is 5.82 Å². The fourth-order valence-corrected chi connectivity index (χ4v) is 3.51. The number of anilines is 2. The van der Waals surface area contributed by atoms with Crippen LogP contribution in [0.2, 0.25) is 0 Å². The Morgan fingerprint density at radius 2 is 2.00 bits per heavy atom. The highest BCUT2D eigenvalue weighted by molar-refractivity contribution is 7.15. The summed E-state index contributed by atoms with van der Waals surface area (Å²) in [7, 11) is 0. The summed E-state index contributed by atoms with van der Waals surface area (Å²) in [5.41, 5.74) is 0. The summed E-state index contributed by atoms with van der Waals surface area (Å²) in [4.78, 5) is 14.8. The van der Waals surface area contributed by atoms with Gasteiger partial charge in [0, 0.05) is 17.3 Å². The molecule has 0 saturated heterocycles. The average Bonchev–Trinajstić information content (AvgIpc) is 3.40. The van der Waals surface area contributed by atoms with Crippen molar-refractivity contribution < 1.29 is 17.7 Å². The van der Waals surface area contributed by atoms with Gasteiger partial charge in [-0.3, -0.25) is 4.98 Å². The van der Waals surface area contributed by atoms with Crippen molar-refractivity contribution in [3.63, 3.8) is 0 Å². The normalized spacial score (nSPS) is 11.7. The van der Waals surface area contributed by atoms with Crippen molar-refractivity contribution in [1.82, 2.24) is 28.9 Å². The first-order valence-electron chi connectivity index (χ1n) is 7.32. The van der Waals surface area contributed by atoms with Gasteiger partial charge >= 0.3 is 12.1 Å². The molecule has 4 aromatic rings. The van der Waals surface area contributed by atoms with Crippen molar-refractivity contribution >= 4 is 34.7 Å². The number of halogens is 3. The van der Waals surface area contributed by atoms with E-state index in [4.69, 9.17) is 0 Å². The van der Waals surface area contributed by atoms with E-state index in [0.717, 1.165) is 16.6 Å². The summed E-state index contributed by atoms with van der Waals surface area (Å²) < 4.78 is 50.3. The van der Waals surface area contributed by atoms with E-state index in [0.29, 0.717) is 23.1 Å². The van der Waals surface area contributed by atoms with Crippen LogP contribution in [0.25, 0.3) is 10.7 Å². The maximum absolute atomic E-state index is 12.6. The van der Waals surface area contributed by atoms with Gasteiger partial charge in [0.15, 0.2) is 11.6 Å². The third kappa shape index (κ3) is 3.78. The zero-order valence-electron chi connectivity index (χ0n) is 13.2. The first-order valence-corrected chi connectivity index (χ1v) is 8.86. The van der Waals surface area contributed by atoms with E-state index in [9.17, 15) is 13.2 Å². The molecule has 138 valence electrons. The number of aromatic nitrogens is 6. The van der Waals surface area contributed by atoms with E-state index >= 15 is 0 Å². The Kier molecular flexibility index (Phi) is 4.53. The van der Waals surface area contributed by atoms with Crippen molar-refractivity contribution in [2.45, 2.75) is 12.7 Å². The topological polar surface area (TPSA) is 93.7 Å². The molecule has 0 aromatic carbocycles. The van der Waals surface area contributed by atoms with Crippen LogP contribution in [0.5, 0.6) is 0 Å². The SMILES string of the molecule is FC(F)(F)c1nc(-c2ccc(CN(c3cnccn3)c3cnsn3)s2)no1. The van der Waals surface area contributed by atoms with E-state index in [1.54, 1.807) is 41.8 Å². The minimum Gasteiger partial charge on any atom is -0.329 e. The van der Waals surface area contributed by atoms with Crippen LogP contribution in [-0.4, -0.2) is 28.9 Å². The number of alkyl halides is 3. The van der Waals surface area contributed by atoms with Gasteiger partial charge in [-0.15, -0.1) is 11.3 Å². The van der Waals surface area contributed by atoms with Gasteiger partial charge in [-0.25, -0.2) is 4.98 Å². The fourth-order valence-electron chi connectivity index (χ4n) is 2.17. The van der Waals surface area contributed by atoms with Crippen molar-refractivity contribution in [1.29, 1.82) is 0 Å². The summed E-state index contributed by atoms with van der Waals surface area (Å²) in [6.45, 7) is 0.374. The van der Waals surface area contributed by atoms with Crippen LogP contribution in [-0.2, 0) is 12.7 Å². The molecule has 0 radical (unpaired) electrons. The molecule has 0 amide bonds. The minimum atomic E-state index is -4.67. The standard InChI is InChI=1S/C14H8F3N7OS2/c15-14(16,17)13-21-12(22-25-13)9-2-1-8(26-9)7-24(11-6-20-27-23-11)10-5-18-3-4-19-10/h1-6H,7H2. The smallest absolute Gasteiger partial charge is 0.329 e. The third-order valence-electron chi connectivity index (χ3n) is 3.32.